The Bertz CT molecular complexity index is 531. The number of aliphatic hydroxyl groups is 1. The minimum Gasteiger partial charge on any atom is -0.394 e. The first-order chi connectivity index (χ1) is 10.5. The van der Waals surface area contributed by atoms with E-state index in [-0.39, 0.29) is 37.0 Å². The van der Waals surface area contributed by atoms with Gasteiger partial charge in [0.2, 0.25) is 5.91 Å². The predicted molar refractivity (Wildman–Crippen MR) is 85.0 cm³/mol. The number of urea groups is 1. The zero-order valence-corrected chi connectivity index (χ0v) is 13.1. The van der Waals surface area contributed by atoms with Crippen LogP contribution >= 0.6 is 11.6 Å². The van der Waals surface area contributed by atoms with E-state index in [1.165, 1.54) is 0 Å². The molecule has 0 radical (unpaired) electrons. The monoisotopic (exact) mass is 325 g/mol. The van der Waals surface area contributed by atoms with E-state index in [9.17, 15) is 9.59 Å². The van der Waals surface area contributed by atoms with Gasteiger partial charge in [0.15, 0.2) is 0 Å². The number of carbonyl (C=O) groups is 2. The van der Waals surface area contributed by atoms with Crippen LogP contribution in [0.4, 0.5) is 10.5 Å². The number of hydrogen-bond donors (Lipinski definition) is 3. The third-order valence-electron chi connectivity index (χ3n) is 3.65. The average molecular weight is 326 g/mol. The number of hydrogen-bond acceptors (Lipinski definition) is 3. The van der Waals surface area contributed by atoms with Crippen molar-refractivity contribution in [3.05, 3.63) is 29.3 Å². The molecular weight excluding hydrogens is 306 g/mol. The molecule has 3 amide bonds. The van der Waals surface area contributed by atoms with Gasteiger partial charge in [-0.1, -0.05) is 18.5 Å². The fraction of sp³-hybridized carbons (Fsp3) is 0.467. The molecule has 1 heterocycles. The Balaban J connectivity index is 1.92. The molecule has 3 N–H and O–H groups in total. The molecule has 0 saturated carbocycles. The highest BCUT2D eigenvalue weighted by atomic mass is 35.5. The first kappa shape index (κ1) is 16.6. The molecule has 0 aromatic heterocycles. The van der Waals surface area contributed by atoms with Crippen LogP contribution in [-0.4, -0.2) is 42.3 Å². The molecule has 1 aromatic rings. The SMILES string of the molecule is CC[C@@H](CO)NC(=O)N[C@H]1CC(=O)N(c2ccc(Cl)cc2)C1. The van der Waals surface area contributed by atoms with E-state index in [1.54, 1.807) is 29.2 Å². The van der Waals surface area contributed by atoms with Crippen molar-refractivity contribution < 1.29 is 14.7 Å². The van der Waals surface area contributed by atoms with Gasteiger partial charge in [-0.2, -0.15) is 0 Å². The lowest BCUT2D eigenvalue weighted by Crippen LogP contribution is -2.48. The minimum absolute atomic E-state index is 0.0400. The van der Waals surface area contributed by atoms with Gasteiger partial charge in [0, 0.05) is 23.7 Å². The van der Waals surface area contributed by atoms with Crippen molar-refractivity contribution in [3.8, 4) is 0 Å². The van der Waals surface area contributed by atoms with E-state index in [0.29, 0.717) is 18.0 Å². The maximum absolute atomic E-state index is 12.1. The molecule has 0 unspecified atom stereocenters. The number of halogens is 1. The molecule has 6 nitrogen and oxygen atoms in total. The van der Waals surface area contributed by atoms with E-state index in [4.69, 9.17) is 16.7 Å². The summed E-state index contributed by atoms with van der Waals surface area (Å²) in [5.41, 5.74) is 0.765. The molecule has 1 aliphatic rings. The summed E-state index contributed by atoms with van der Waals surface area (Å²) in [5, 5.41) is 15.1. The molecule has 0 spiro atoms. The summed E-state index contributed by atoms with van der Waals surface area (Å²) in [5.74, 6) is -0.0400. The maximum atomic E-state index is 12.1. The third-order valence-corrected chi connectivity index (χ3v) is 3.90. The van der Waals surface area contributed by atoms with Gasteiger partial charge in [0.05, 0.1) is 18.7 Å². The number of benzene rings is 1. The lowest BCUT2D eigenvalue weighted by molar-refractivity contribution is -0.117. The highest BCUT2D eigenvalue weighted by Gasteiger charge is 2.31. The molecule has 1 saturated heterocycles. The van der Waals surface area contributed by atoms with Gasteiger partial charge in [-0.25, -0.2) is 4.79 Å². The second-order valence-corrected chi connectivity index (χ2v) is 5.72. The number of rotatable bonds is 5. The summed E-state index contributed by atoms with van der Waals surface area (Å²) in [4.78, 5) is 25.5. The van der Waals surface area contributed by atoms with Gasteiger partial charge >= 0.3 is 6.03 Å². The van der Waals surface area contributed by atoms with Gasteiger partial charge in [0.1, 0.15) is 0 Å². The molecule has 2 rings (SSSR count). The number of nitrogens with one attached hydrogen (secondary N) is 2. The van der Waals surface area contributed by atoms with Crippen LogP contribution in [0.2, 0.25) is 5.02 Å². The third kappa shape index (κ3) is 4.11. The Morgan fingerprint density at radius 2 is 2.14 bits per heavy atom. The molecule has 0 bridgehead atoms. The fourth-order valence-corrected chi connectivity index (χ4v) is 2.49. The summed E-state index contributed by atoms with van der Waals surface area (Å²) < 4.78 is 0. The average Bonchev–Trinajstić information content (AvgIpc) is 2.86. The van der Waals surface area contributed by atoms with Gasteiger partial charge in [-0.05, 0) is 30.7 Å². The molecular formula is C15H20ClN3O3. The summed E-state index contributed by atoms with van der Waals surface area (Å²) in [7, 11) is 0. The van der Waals surface area contributed by atoms with Gasteiger partial charge < -0.3 is 20.6 Å². The first-order valence-electron chi connectivity index (χ1n) is 7.27. The summed E-state index contributed by atoms with van der Waals surface area (Å²) in [6, 6.07) is 6.12. The summed E-state index contributed by atoms with van der Waals surface area (Å²) in [6.07, 6.45) is 0.899. The van der Waals surface area contributed by atoms with Crippen molar-refractivity contribution in [2.24, 2.45) is 0 Å². The molecule has 1 aromatic carbocycles. The number of amides is 3. The van der Waals surface area contributed by atoms with E-state index in [0.717, 1.165) is 5.69 Å². The van der Waals surface area contributed by atoms with Crippen molar-refractivity contribution in [1.29, 1.82) is 0 Å². The maximum Gasteiger partial charge on any atom is 0.315 e. The fourth-order valence-electron chi connectivity index (χ4n) is 2.36. The lowest BCUT2D eigenvalue weighted by Gasteiger charge is -2.19. The molecule has 120 valence electrons. The largest absolute Gasteiger partial charge is 0.394 e. The standard InChI is InChI=1S/C15H20ClN3O3/c1-2-11(9-20)17-15(22)18-12-7-14(21)19(8-12)13-5-3-10(16)4-6-13/h3-6,11-12,20H,2,7-9H2,1H3,(H2,17,18,22)/t11-,12-/m0/s1. The Labute approximate surface area is 134 Å². The van der Waals surface area contributed by atoms with Crippen molar-refractivity contribution in [1.82, 2.24) is 10.6 Å². The Morgan fingerprint density at radius 1 is 1.45 bits per heavy atom. The normalized spacial score (nSPS) is 19.1. The van der Waals surface area contributed by atoms with E-state index in [1.807, 2.05) is 6.92 Å². The van der Waals surface area contributed by atoms with Crippen molar-refractivity contribution in [2.45, 2.75) is 31.8 Å². The zero-order chi connectivity index (χ0) is 16.1. The zero-order valence-electron chi connectivity index (χ0n) is 12.4. The molecule has 7 heteroatoms. The lowest BCUT2D eigenvalue weighted by atomic mass is 10.2. The van der Waals surface area contributed by atoms with E-state index >= 15 is 0 Å². The number of carbonyl (C=O) groups excluding carboxylic acids is 2. The van der Waals surface area contributed by atoms with Crippen molar-refractivity contribution in [3.63, 3.8) is 0 Å². The molecule has 0 aliphatic carbocycles. The van der Waals surface area contributed by atoms with Gasteiger partial charge in [-0.3, -0.25) is 4.79 Å². The Hall–Kier alpha value is -1.79. The van der Waals surface area contributed by atoms with Gasteiger partial charge in [0.25, 0.3) is 0 Å². The second-order valence-electron chi connectivity index (χ2n) is 5.29. The number of aliphatic hydroxyl groups excluding tert-OH is 1. The van der Waals surface area contributed by atoms with Crippen LogP contribution in [0, 0.1) is 0 Å². The quantitative estimate of drug-likeness (QED) is 0.767. The predicted octanol–water partition coefficient (Wildman–Crippen LogP) is 1.52. The molecule has 2 atom stereocenters. The van der Waals surface area contributed by atoms with E-state index in [2.05, 4.69) is 10.6 Å². The number of nitrogens with zero attached hydrogens (tertiary/aromatic N) is 1. The van der Waals surface area contributed by atoms with Crippen LogP contribution in [0.25, 0.3) is 0 Å². The summed E-state index contributed by atoms with van der Waals surface area (Å²) >= 11 is 5.84. The topological polar surface area (TPSA) is 81.7 Å². The van der Waals surface area contributed by atoms with Crippen LogP contribution < -0.4 is 15.5 Å². The van der Waals surface area contributed by atoms with Gasteiger partial charge in [-0.15, -0.1) is 0 Å². The minimum atomic E-state index is -0.364. The van der Waals surface area contributed by atoms with Crippen LogP contribution in [-0.2, 0) is 4.79 Å². The highest BCUT2D eigenvalue weighted by molar-refractivity contribution is 6.30. The smallest absolute Gasteiger partial charge is 0.315 e. The summed E-state index contributed by atoms with van der Waals surface area (Å²) in [6.45, 7) is 2.19. The van der Waals surface area contributed by atoms with Crippen LogP contribution in [0.15, 0.2) is 24.3 Å². The van der Waals surface area contributed by atoms with Crippen LogP contribution in [0.1, 0.15) is 19.8 Å². The van der Waals surface area contributed by atoms with Crippen LogP contribution in [0.5, 0.6) is 0 Å². The van der Waals surface area contributed by atoms with Crippen molar-refractivity contribution >= 4 is 29.2 Å². The molecule has 1 fully saturated rings. The van der Waals surface area contributed by atoms with Crippen molar-refractivity contribution in [2.75, 3.05) is 18.1 Å². The van der Waals surface area contributed by atoms with E-state index < -0.39 is 0 Å². The second kappa shape index (κ2) is 7.47. The number of anilines is 1. The molecule has 1 aliphatic heterocycles. The van der Waals surface area contributed by atoms with Crippen LogP contribution in [0.3, 0.4) is 0 Å². The Morgan fingerprint density at radius 3 is 2.73 bits per heavy atom. The highest BCUT2D eigenvalue weighted by Crippen LogP contribution is 2.23. The Kier molecular flexibility index (Phi) is 5.63. The molecule has 22 heavy (non-hydrogen) atoms. The first-order valence-corrected chi connectivity index (χ1v) is 7.65.